The Kier molecular flexibility index (Phi) is 7.14. The van der Waals surface area contributed by atoms with Gasteiger partial charge in [-0.15, -0.1) is 6.58 Å². The summed E-state index contributed by atoms with van der Waals surface area (Å²) in [6.45, 7) is 3.26. The van der Waals surface area contributed by atoms with Crippen molar-refractivity contribution in [2.45, 2.75) is 18.9 Å². The van der Waals surface area contributed by atoms with Gasteiger partial charge in [0.2, 0.25) is 6.54 Å². The Labute approximate surface area is 77.2 Å². The van der Waals surface area contributed by atoms with Gasteiger partial charge < -0.3 is 9.84 Å². The summed E-state index contributed by atoms with van der Waals surface area (Å²) in [6.07, 6.45) is 2.80. The highest BCUT2D eigenvalue weighted by Crippen LogP contribution is 2.01. The van der Waals surface area contributed by atoms with E-state index in [9.17, 15) is 10.1 Å². The van der Waals surface area contributed by atoms with E-state index >= 15 is 0 Å². The van der Waals surface area contributed by atoms with Gasteiger partial charge in [0.05, 0.1) is 12.7 Å². The molecule has 1 unspecified atom stereocenters. The number of nitro groups is 1. The Balaban J connectivity index is 3.46. The van der Waals surface area contributed by atoms with Crippen molar-refractivity contribution in [3.8, 4) is 0 Å². The first-order valence-corrected chi connectivity index (χ1v) is 4.15. The molecule has 5 nitrogen and oxygen atoms in total. The van der Waals surface area contributed by atoms with Crippen molar-refractivity contribution in [2.75, 3.05) is 19.8 Å². The molecule has 0 amide bonds. The molecule has 5 heteroatoms. The molecule has 13 heavy (non-hydrogen) atoms. The average Bonchev–Trinajstić information content (AvgIpc) is 2.10. The molecule has 0 radical (unpaired) electrons. The van der Waals surface area contributed by atoms with E-state index in [2.05, 4.69) is 6.58 Å². The molecule has 1 atom stereocenters. The van der Waals surface area contributed by atoms with Gasteiger partial charge in [0, 0.05) is 4.92 Å². The van der Waals surface area contributed by atoms with Gasteiger partial charge in [-0.2, -0.15) is 0 Å². The second kappa shape index (κ2) is 7.70. The Morgan fingerprint density at radius 2 is 2.38 bits per heavy atom. The van der Waals surface area contributed by atoms with Crippen LogP contribution in [0.25, 0.3) is 0 Å². The molecule has 0 aromatic rings. The summed E-state index contributed by atoms with van der Waals surface area (Å²) in [7, 11) is 0. The van der Waals surface area contributed by atoms with Crippen LogP contribution in [0.15, 0.2) is 12.7 Å². The zero-order valence-corrected chi connectivity index (χ0v) is 7.52. The van der Waals surface area contributed by atoms with Crippen molar-refractivity contribution < 1.29 is 14.8 Å². The first-order chi connectivity index (χ1) is 6.20. The Bertz CT molecular complexity index is 160. The van der Waals surface area contributed by atoms with Crippen molar-refractivity contribution in [3.05, 3.63) is 22.8 Å². The molecule has 0 saturated heterocycles. The summed E-state index contributed by atoms with van der Waals surface area (Å²) < 4.78 is 5.06. The molecule has 0 saturated carbocycles. The van der Waals surface area contributed by atoms with E-state index in [1.165, 1.54) is 0 Å². The molecule has 0 aliphatic rings. The number of hydrogen-bond donors (Lipinski definition) is 1. The molecule has 0 aromatic carbocycles. The molecule has 76 valence electrons. The molecular formula is C8H15NO4. The minimum absolute atomic E-state index is 0.0510. The molecule has 0 aliphatic heterocycles. The minimum atomic E-state index is -0.443. The number of aliphatic hydroxyl groups is 1. The lowest BCUT2D eigenvalue weighted by atomic mass is 10.2. The highest BCUT2D eigenvalue weighted by atomic mass is 16.6. The third-order valence-electron chi connectivity index (χ3n) is 1.52. The smallest absolute Gasteiger partial charge is 0.226 e. The Morgan fingerprint density at radius 3 is 2.85 bits per heavy atom. The van der Waals surface area contributed by atoms with Crippen LogP contribution in [0.3, 0.4) is 0 Å². The zero-order valence-electron chi connectivity index (χ0n) is 7.52. The molecule has 0 heterocycles. The Morgan fingerprint density at radius 1 is 1.69 bits per heavy atom. The normalized spacial score (nSPS) is 12.4. The molecule has 0 spiro atoms. The lowest BCUT2D eigenvalue weighted by Gasteiger charge is -2.12. The predicted molar refractivity (Wildman–Crippen MR) is 48.1 cm³/mol. The summed E-state index contributed by atoms with van der Waals surface area (Å²) in [5.74, 6) is 0. The number of aliphatic hydroxyl groups excluding tert-OH is 1. The van der Waals surface area contributed by atoms with Crippen molar-refractivity contribution in [2.24, 2.45) is 0 Å². The van der Waals surface area contributed by atoms with Gasteiger partial charge in [-0.3, -0.25) is 10.1 Å². The SMILES string of the molecule is C=CCCC(CO)OCC[N+](=O)[O-]. The maximum atomic E-state index is 9.93. The van der Waals surface area contributed by atoms with Crippen molar-refractivity contribution >= 4 is 0 Å². The number of nitrogens with zero attached hydrogens (tertiary/aromatic N) is 1. The first-order valence-electron chi connectivity index (χ1n) is 4.15. The van der Waals surface area contributed by atoms with Gasteiger partial charge in [-0.05, 0) is 12.8 Å². The van der Waals surface area contributed by atoms with E-state index in [0.29, 0.717) is 6.42 Å². The number of ether oxygens (including phenoxy) is 1. The van der Waals surface area contributed by atoms with Crippen LogP contribution >= 0.6 is 0 Å². The maximum Gasteiger partial charge on any atom is 0.226 e. The maximum absolute atomic E-state index is 9.93. The summed E-state index contributed by atoms with van der Waals surface area (Å²) >= 11 is 0. The highest BCUT2D eigenvalue weighted by Gasteiger charge is 2.07. The van der Waals surface area contributed by atoms with Gasteiger partial charge in [0.1, 0.15) is 6.61 Å². The van der Waals surface area contributed by atoms with E-state index in [-0.39, 0.29) is 25.9 Å². The lowest BCUT2D eigenvalue weighted by Crippen LogP contribution is -2.21. The van der Waals surface area contributed by atoms with Crippen LogP contribution in [0.2, 0.25) is 0 Å². The summed E-state index contributed by atoms with van der Waals surface area (Å²) in [5, 5.41) is 18.7. The van der Waals surface area contributed by atoms with Crippen LogP contribution in [0.5, 0.6) is 0 Å². The Hall–Kier alpha value is -0.940. The van der Waals surface area contributed by atoms with Gasteiger partial charge in [0.25, 0.3) is 0 Å². The summed E-state index contributed by atoms with van der Waals surface area (Å²) in [5.41, 5.74) is 0. The highest BCUT2D eigenvalue weighted by molar-refractivity contribution is 4.69. The fourth-order valence-electron chi connectivity index (χ4n) is 0.825. The zero-order chi connectivity index (χ0) is 10.1. The van der Waals surface area contributed by atoms with Gasteiger partial charge in [-0.25, -0.2) is 0 Å². The van der Waals surface area contributed by atoms with Crippen LogP contribution < -0.4 is 0 Å². The standard InChI is InChI=1S/C8H15NO4/c1-2-3-4-8(7-10)13-6-5-9(11)12/h2,8,10H,1,3-7H2. The molecule has 0 aliphatic carbocycles. The van der Waals surface area contributed by atoms with Crippen LogP contribution in [-0.4, -0.2) is 35.9 Å². The number of hydrogen-bond acceptors (Lipinski definition) is 4. The van der Waals surface area contributed by atoms with Crippen molar-refractivity contribution in [1.29, 1.82) is 0 Å². The number of allylic oxidation sites excluding steroid dienone is 1. The predicted octanol–water partition coefficient (Wildman–Crippen LogP) is 0.607. The van der Waals surface area contributed by atoms with E-state index in [1.807, 2.05) is 0 Å². The van der Waals surface area contributed by atoms with E-state index in [0.717, 1.165) is 6.42 Å². The van der Waals surface area contributed by atoms with Crippen LogP contribution in [0, 0.1) is 10.1 Å². The van der Waals surface area contributed by atoms with Crippen molar-refractivity contribution in [3.63, 3.8) is 0 Å². The topological polar surface area (TPSA) is 72.6 Å². The third kappa shape index (κ3) is 7.42. The average molecular weight is 189 g/mol. The quantitative estimate of drug-likeness (QED) is 0.345. The fourth-order valence-corrected chi connectivity index (χ4v) is 0.825. The molecule has 1 N–H and O–H groups in total. The van der Waals surface area contributed by atoms with Gasteiger partial charge >= 0.3 is 0 Å². The van der Waals surface area contributed by atoms with Crippen molar-refractivity contribution in [1.82, 2.24) is 0 Å². The second-order valence-electron chi connectivity index (χ2n) is 2.60. The van der Waals surface area contributed by atoms with E-state index in [4.69, 9.17) is 9.84 Å². The van der Waals surface area contributed by atoms with Crippen LogP contribution in [-0.2, 0) is 4.74 Å². The summed E-state index contributed by atoms with van der Waals surface area (Å²) in [6, 6.07) is 0. The van der Waals surface area contributed by atoms with E-state index < -0.39 is 4.92 Å². The van der Waals surface area contributed by atoms with Crippen LogP contribution in [0.4, 0.5) is 0 Å². The lowest BCUT2D eigenvalue weighted by molar-refractivity contribution is -0.484. The third-order valence-corrected chi connectivity index (χ3v) is 1.52. The number of rotatable bonds is 8. The fraction of sp³-hybridized carbons (Fsp3) is 0.750. The van der Waals surface area contributed by atoms with Crippen LogP contribution in [0.1, 0.15) is 12.8 Å². The monoisotopic (exact) mass is 189 g/mol. The second-order valence-corrected chi connectivity index (χ2v) is 2.60. The molecular weight excluding hydrogens is 174 g/mol. The summed E-state index contributed by atoms with van der Waals surface area (Å²) in [4.78, 5) is 9.49. The molecule has 0 rings (SSSR count). The molecule has 0 bridgehead atoms. The van der Waals surface area contributed by atoms with E-state index in [1.54, 1.807) is 6.08 Å². The van der Waals surface area contributed by atoms with Gasteiger partial charge in [-0.1, -0.05) is 6.08 Å². The largest absolute Gasteiger partial charge is 0.394 e. The molecule has 0 fully saturated rings. The van der Waals surface area contributed by atoms with Gasteiger partial charge in [0.15, 0.2) is 0 Å². The minimum Gasteiger partial charge on any atom is -0.394 e. The molecule has 0 aromatic heterocycles. The first kappa shape index (κ1) is 12.1.